The van der Waals surface area contributed by atoms with Gasteiger partial charge in [0.2, 0.25) is 0 Å². The number of rotatable bonds is 4. The van der Waals surface area contributed by atoms with Gasteiger partial charge in [-0.2, -0.15) is 0 Å². The Morgan fingerprint density at radius 1 is 1.40 bits per heavy atom. The van der Waals surface area contributed by atoms with Crippen LogP contribution in [0.2, 0.25) is 0 Å². The summed E-state index contributed by atoms with van der Waals surface area (Å²) in [5, 5.41) is 3.40. The topological polar surface area (TPSA) is 56.8 Å². The summed E-state index contributed by atoms with van der Waals surface area (Å²) in [5.41, 5.74) is 3.64. The van der Waals surface area contributed by atoms with Gasteiger partial charge in [0.05, 0.1) is 5.69 Å². The first kappa shape index (κ1) is 13.6. The SMILES string of the molecule is CN(CCc1ccc[nH]1)c1nc(Br)nc2c1CNCC2. The first-order valence-electron chi connectivity index (χ1n) is 6.83. The molecular formula is C14H18BrN5. The van der Waals surface area contributed by atoms with E-state index >= 15 is 0 Å². The molecule has 3 heterocycles. The molecule has 0 aliphatic carbocycles. The molecule has 0 amide bonds. The Kier molecular flexibility index (Phi) is 4.03. The van der Waals surface area contributed by atoms with Gasteiger partial charge in [0.1, 0.15) is 5.82 Å². The molecule has 106 valence electrons. The Morgan fingerprint density at radius 2 is 2.30 bits per heavy atom. The van der Waals surface area contributed by atoms with E-state index in [4.69, 9.17) is 0 Å². The minimum Gasteiger partial charge on any atom is -0.365 e. The molecule has 2 aromatic rings. The van der Waals surface area contributed by atoms with Crippen molar-refractivity contribution < 1.29 is 0 Å². The molecular weight excluding hydrogens is 318 g/mol. The van der Waals surface area contributed by atoms with Gasteiger partial charge in [-0.25, -0.2) is 9.97 Å². The van der Waals surface area contributed by atoms with Crippen LogP contribution in [0.5, 0.6) is 0 Å². The van der Waals surface area contributed by atoms with Crippen LogP contribution < -0.4 is 10.2 Å². The molecule has 0 aromatic carbocycles. The van der Waals surface area contributed by atoms with E-state index in [1.165, 1.54) is 11.3 Å². The molecule has 0 fully saturated rings. The summed E-state index contributed by atoms with van der Waals surface area (Å²) in [6, 6.07) is 4.14. The maximum absolute atomic E-state index is 4.57. The molecule has 0 saturated heterocycles. The number of H-pyrrole nitrogens is 1. The number of nitrogens with one attached hydrogen (secondary N) is 2. The number of aromatic nitrogens is 3. The molecule has 3 rings (SSSR count). The highest BCUT2D eigenvalue weighted by atomic mass is 79.9. The van der Waals surface area contributed by atoms with Crippen molar-refractivity contribution >= 4 is 21.7 Å². The lowest BCUT2D eigenvalue weighted by Crippen LogP contribution is -2.30. The number of anilines is 1. The van der Waals surface area contributed by atoms with E-state index in [2.05, 4.69) is 54.2 Å². The Balaban J connectivity index is 1.79. The third kappa shape index (κ3) is 2.86. The van der Waals surface area contributed by atoms with E-state index in [-0.39, 0.29) is 0 Å². The van der Waals surface area contributed by atoms with Crippen LogP contribution in [-0.4, -0.2) is 35.1 Å². The highest BCUT2D eigenvalue weighted by Gasteiger charge is 2.19. The minimum absolute atomic E-state index is 0.680. The number of nitrogens with zero attached hydrogens (tertiary/aromatic N) is 3. The Hall–Kier alpha value is -1.40. The molecule has 0 bridgehead atoms. The highest BCUT2D eigenvalue weighted by Crippen LogP contribution is 2.24. The molecule has 2 N–H and O–H groups in total. The molecule has 1 aliphatic rings. The molecule has 0 radical (unpaired) electrons. The van der Waals surface area contributed by atoms with Crippen molar-refractivity contribution in [2.45, 2.75) is 19.4 Å². The van der Waals surface area contributed by atoms with Gasteiger partial charge in [-0.05, 0) is 28.1 Å². The van der Waals surface area contributed by atoms with E-state index in [9.17, 15) is 0 Å². The lowest BCUT2D eigenvalue weighted by molar-refractivity contribution is 0.620. The van der Waals surface area contributed by atoms with Gasteiger partial charge in [-0.15, -0.1) is 0 Å². The van der Waals surface area contributed by atoms with Crippen LogP contribution in [0.1, 0.15) is 17.0 Å². The molecule has 0 atom stereocenters. The first-order valence-corrected chi connectivity index (χ1v) is 7.63. The average Bonchev–Trinajstić information content (AvgIpc) is 2.97. The Labute approximate surface area is 126 Å². The fourth-order valence-corrected chi connectivity index (χ4v) is 2.91. The van der Waals surface area contributed by atoms with Crippen molar-refractivity contribution in [2.75, 3.05) is 25.0 Å². The van der Waals surface area contributed by atoms with Crippen molar-refractivity contribution in [1.82, 2.24) is 20.3 Å². The van der Waals surface area contributed by atoms with Crippen LogP contribution in [0.3, 0.4) is 0 Å². The number of halogens is 1. The monoisotopic (exact) mass is 335 g/mol. The van der Waals surface area contributed by atoms with E-state index < -0.39 is 0 Å². The summed E-state index contributed by atoms with van der Waals surface area (Å²) in [5.74, 6) is 1.03. The van der Waals surface area contributed by atoms with E-state index in [0.717, 1.165) is 44.0 Å². The molecule has 1 aliphatic heterocycles. The van der Waals surface area contributed by atoms with Crippen LogP contribution in [0, 0.1) is 0 Å². The van der Waals surface area contributed by atoms with Crippen LogP contribution in [0.4, 0.5) is 5.82 Å². The van der Waals surface area contributed by atoms with E-state index in [1.54, 1.807) is 0 Å². The fraction of sp³-hybridized carbons (Fsp3) is 0.429. The van der Waals surface area contributed by atoms with Crippen LogP contribution in [-0.2, 0) is 19.4 Å². The maximum Gasteiger partial charge on any atom is 0.198 e. The molecule has 0 unspecified atom stereocenters. The minimum atomic E-state index is 0.680. The number of aromatic amines is 1. The molecule has 0 spiro atoms. The summed E-state index contributed by atoms with van der Waals surface area (Å²) in [7, 11) is 2.09. The second kappa shape index (κ2) is 5.93. The average molecular weight is 336 g/mol. The smallest absolute Gasteiger partial charge is 0.198 e. The first-order chi connectivity index (χ1) is 9.74. The maximum atomic E-state index is 4.57. The van der Waals surface area contributed by atoms with Gasteiger partial charge < -0.3 is 15.2 Å². The second-order valence-electron chi connectivity index (χ2n) is 5.04. The van der Waals surface area contributed by atoms with Crippen molar-refractivity contribution in [3.63, 3.8) is 0 Å². The number of fused-ring (bicyclic) bond motifs is 1. The second-order valence-corrected chi connectivity index (χ2v) is 5.74. The van der Waals surface area contributed by atoms with Crippen molar-refractivity contribution in [2.24, 2.45) is 0 Å². The van der Waals surface area contributed by atoms with Gasteiger partial charge in [0.15, 0.2) is 4.73 Å². The molecule has 20 heavy (non-hydrogen) atoms. The van der Waals surface area contributed by atoms with Crippen LogP contribution >= 0.6 is 15.9 Å². The standard InChI is InChI=1S/C14H18BrN5/c1-20(8-5-10-3-2-6-17-10)13-11-9-16-7-4-12(11)18-14(15)19-13/h2-3,6,16-17H,4-5,7-9H2,1H3. The van der Waals surface area contributed by atoms with E-state index in [0.29, 0.717) is 4.73 Å². The molecule has 5 nitrogen and oxygen atoms in total. The Bertz CT molecular complexity index is 582. The third-order valence-electron chi connectivity index (χ3n) is 3.62. The normalized spacial score (nSPS) is 14.1. The van der Waals surface area contributed by atoms with Gasteiger partial charge in [-0.3, -0.25) is 0 Å². The van der Waals surface area contributed by atoms with Gasteiger partial charge in [0.25, 0.3) is 0 Å². The zero-order chi connectivity index (χ0) is 13.9. The lowest BCUT2D eigenvalue weighted by atomic mass is 10.1. The van der Waals surface area contributed by atoms with Gasteiger partial charge >= 0.3 is 0 Å². The predicted octanol–water partition coefficient (Wildman–Crippen LogP) is 1.89. The van der Waals surface area contributed by atoms with E-state index in [1.807, 2.05) is 12.3 Å². The van der Waals surface area contributed by atoms with Crippen molar-refractivity contribution in [3.8, 4) is 0 Å². The van der Waals surface area contributed by atoms with Crippen molar-refractivity contribution in [1.29, 1.82) is 0 Å². The number of hydrogen-bond donors (Lipinski definition) is 2. The van der Waals surface area contributed by atoms with Gasteiger partial charge in [0, 0.05) is 57.0 Å². The summed E-state index contributed by atoms with van der Waals surface area (Å²) in [6.07, 6.45) is 3.91. The van der Waals surface area contributed by atoms with Crippen molar-refractivity contribution in [3.05, 3.63) is 40.0 Å². The van der Waals surface area contributed by atoms with Crippen LogP contribution in [0.15, 0.2) is 23.1 Å². The Morgan fingerprint density at radius 3 is 3.10 bits per heavy atom. The zero-order valence-electron chi connectivity index (χ0n) is 11.5. The zero-order valence-corrected chi connectivity index (χ0v) is 13.1. The molecule has 6 heteroatoms. The largest absolute Gasteiger partial charge is 0.365 e. The molecule has 2 aromatic heterocycles. The fourth-order valence-electron chi connectivity index (χ4n) is 2.53. The summed E-state index contributed by atoms with van der Waals surface area (Å²) in [4.78, 5) is 14.5. The quantitative estimate of drug-likeness (QED) is 0.838. The lowest BCUT2D eigenvalue weighted by Gasteiger charge is -2.25. The number of hydrogen-bond acceptors (Lipinski definition) is 4. The van der Waals surface area contributed by atoms with Crippen LogP contribution in [0.25, 0.3) is 0 Å². The highest BCUT2D eigenvalue weighted by molar-refractivity contribution is 9.10. The third-order valence-corrected chi connectivity index (χ3v) is 3.98. The predicted molar refractivity (Wildman–Crippen MR) is 82.9 cm³/mol. The summed E-state index contributed by atoms with van der Waals surface area (Å²) < 4.78 is 0.680. The number of likely N-dealkylation sites (N-methyl/N-ethyl adjacent to an activating group) is 1. The van der Waals surface area contributed by atoms with Gasteiger partial charge in [-0.1, -0.05) is 0 Å². The summed E-state index contributed by atoms with van der Waals surface area (Å²) >= 11 is 3.42. The molecule has 0 saturated carbocycles. The summed E-state index contributed by atoms with van der Waals surface area (Å²) in [6.45, 7) is 2.77.